The third kappa shape index (κ3) is 17.7. The topological polar surface area (TPSA) is 0 Å². The molecule has 5 heteroatoms. The van der Waals surface area contributed by atoms with Crippen LogP contribution >= 0.6 is 0 Å². The molecule has 0 heterocycles. The van der Waals surface area contributed by atoms with Gasteiger partial charge in [0.05, 0.1) is 0 Å². The minimum atomic E-state index is 0. The average Bonchev–Trinajstić information content (AvgIpc) is 0. The first-order valence-electron chi connectivity index (χ1n) is 0. The van der Waals surface area contributed by atoms with Crippen molar-refractivity contribution in [1.82, 2.24) is 0 Å². The molecule has 0 rings (SSSR count). The minimum Gasteiger partial charge on any atom is 0 e. The molecule has 5 heavy (non-hydrogen) atoms. The molecule has 0 aliphatic rings. The summed E-state index contributed by atoms with van der Waals surface area (Å²) in [6, 6.07) is 0. The van der Waals surface area contributed by atoms with Gasteiger partial charge in [0.1, 0.15) is 0 Å². The maximum Gasteiger partial charge on any atom is 0 e. The van der Waals surface area contributed by atoms with E-state index in [4.69, 9.17) is 0 Å². The zero-order chi connectivity index (χ0) is 0. The smallest absolute Gasteiger partial charge is 0 e. The summed E-state index contributed by atoms with van der Waals surface area (Å²) in [5, 5.41) is 0. The van der Waals surface area contributed by atoms with Crippen LogP contribution in [-0.4, -0.2) is 94.1 Å². The molecule has 0 aromatic rings. The second-order valence-corrected chi connectivity index (χ2v) is 0. The second-order valence-electron chi connectivity index (χ2n) is 0. The van der Waals surface area contributed by atoms with Crippen LogP contribution in [0.25, 0.3) is 0 Å². The third-order valence-corrected chi connectivity index (χ3v) is 0. The Morgan fingerprint density at radius 2 is 1.00 bits per heavy atom. The van der Waals surface area contributed by atoms with Crippen LogP contribution in [0.2, 0.25) is 0 Å². The van der Waals surface area contributed by atoms with E-state index >= 15 is 0 Å². The summed E-state index contributed by atoms with van der Waals surface area (Å²) in [7, 11) is 0. The summed E-state index contributed by atoms with van der Waals surface area (Å²) in [6.07, 6.45) is 0. The van der Waals surface area contributed by atoms with Gasteiger partial charge in [-0.1, -0.05) is 0 Å². The molecule has 0 unspecified atom stereocenters. The van der Waals surface area contributed by atoms with Crippen LogP contribution in [-0.2, 0) is 44.7 Å². The minimum absolute atomic E-state index is 0. The second kappa shape index (κ2) is 23.6. The first-order valence-corrected chi connectivity index (χ1v) is 0. The summed E-state index contributed by atoms with van der Waals surface area (Å²) in [6.45, 7) is 0. The zero-order valence-corrected chi connectivity index (χ0v) is 18.3. The summed E-state index contributed by atoms with van der Waals surface area (Å²) in [5.41, 5.74) is 0. The van der Waals surface area contributed by atoms with E-state index in [-0.39, 0.29) is 139 Å². The van der Waals surface area contributed by atoms with Crippen LogP contribution in [0.3, 0.4) is 0 Å². The molecule has 9 radical (unpaired) electrons. The molecule has 0 aliphatic carbocycles. The van der Waals surface area contributed by atoms with Gasteiger partial charge in [-0.2, -0.15) is 0 Å². The van der Waals surface area contributed by atoms with Crippen LogP contribution in [0.1, 0.15) is 0 Å². The first-order chi connectivity index (χ1) is 0. The standard InChI is InChI=1S/As.Ba.Cd.Cr.Pb. The number of hydrogen-bond donors (Lipinski definition) is 0. The van der Waals surface area contributed by atoms with Crippen molar-refractivity contribution >= 4 is 94.1 Å². The molecular formula is AsBaCdCrPb. The van der Waals surface area contributed by atoms with E-state index in [0.29, 0.717) is 0 Å². The van der Waals surface area contributed by atoms with Gasteiger partial charge in [0, 0.05) is 139 Å². The molecule has 0 saturated carbocycles. The van der Waals surface area contributed by atoms with Crippen LogP contribution in [0.15, 0.2) is 0 Å². The maximum absolute atomic E-state index is 0. The van der Waals surface area contributed by atoms with Crippen molar-refractivity contribution < 1.29 is 44.7 Å². The molecule has 0 aromatic heterocycles. The van der Waals surface area contributed by atoms with Gasteiger partial charge in [0.15, 0.2) is 0 Å². The Balaban J connectivity index is 0. The molecular weight excluding hydrogens is 584 g/mol. The predicted octanol–water partition coefficient (Wildman–Crippen LogP) is -1.15. The Kier molecular flexibility index (Phi) is 160. The van der Waals surface area contributed by atoms with E-state index < -0.39 is 0 Å². The molecule has 0 fully saturated rings. The van der Waals surface area contributed by atoms with E-state index in [2.05, 4.69) is 0 Å². The van der Waals surface area contributed by atoms with Crippen molar-refractivity contribution in [2.75, 3.05) is 0 Å². The molecule has 0 N–H and O–H groups in total. The monoisotopic (exact) mass is 587 g/mol. The molecule has 0 atom stereocenters. The Labute approximate surface area is 135 Å². The van der Waals surface area contributed by atoms with E-state index in [9.17, 15) is 0 Å². The zero-order valence-electron chi connectivity index (χ0n) is 2.77. The first kappa shape index (κ1) is 33.9. The van der Waals surface area contributed by atoms with Gasteiger partial charge in [-0.05, 0) is 0 Å². The van der Waals surface area contributed by atoms with Gasteiger partial charge >= 0.3 is 0 Å². The van der Waals surface area contributed by atoms with Gasteiger partial charge in [0.25, 0.3) is 0 Å². The Bertz CT molecular complexity index is 11.6. The van der Waals surface area contributed by atoms with Crippen molar-refractivity contribution in [1.29, 1.82) is 0 Å². The van der Waals surface area contributed by atoms with Crippen LogP contribution in [0.5, 0.6) is 0 Å². The Morgan fingerprint density at radius 3 is 1.00 bits per heavy atom. The quantitative estimate of drug-likeness (QED) is 0.316. The van der Waals surface area contributed by atoms with Crippen molar-refractivity contribution in [3.63, 3.8) is 0 Å². The van der Waals surface area contributed by atoms with Gasteiger partial charge in [-0.3, -0.25) is 0 Å². The Morgan fingerprint density at radius 1 is 1.00 bits per heavy atom. The Hall–Kier alpha value is 4.51. The fourth-order valence-corrected chi connectivity index (χ4v) is 0. The fourth-order valence-electron chi connectivity index (χ4n) is 0. The summed E-state index contributed by atoms with van der Waals surface area (Å²) < 4.78 is 0. The molecule has 0 amide bonds. The van der Waals surface area contributed by atoms with Crippen molar-refractivity contribution in [2.24, 2.45) is 0 Å². The van der Waals surface area contributed by atoms with Crippen LogP contribution < -0.4 is 0 Å². The largest absolute Gasteiger partial charge is 0 e. The van der Waals surface area contributed by atoms with E-state index in [1.165, 1.54) is 0 Å². The van der Waals surface area contributed by atoms with Gasteiger partial charge in [-0.25, -0.2) is 0 Å². The van der Waals surface area contributed by atoms with E-state index in [1.54, 1.807) is 0 Å². The molecule has 0 nitrogen and oxygen atoms in total. The maximum atomic E-state index is 0. The summed E-state index contributed by atoms with van der Waals surface area (Å²) in [4.78, 5) is 0. The number of hydrogen-bond acceptors (Lipinski definition) is 0. The third-order valence-electron chi connectivity index (χ3n) is 0. The van der Waals surface area contributed by atoms with Gasteiger partial charge in [-0.15, -0.1) is 0 Å². The van der Waals surface area contributed by atoms with Crippen molar-refractivity contribution in [3.05, 3.63) is 0 Å². The SMILES string of the molecule is [As].[Ba].[Cd].[Cr].[Pb]. The summed E-state index contributed by atoms with van der Waals surface area (Å²) in [5.74, 6) is 0. The van der Waals surface area contributed by atoms with Crippen LogP contribution in [0.4, 0.5) is 0 Å². The molecule has 19 valence electrons. The molecule has 0 saturated heterocycles. The average molecular weight is 584 g/mol. The summed E-state index contributed by atoms with van der Waals surface area (Å²) >= 11 is 0. The predicted molar refractivity (Wildman–Crippen MR) is 17.3 cm³/mol. The number of rotatable bonds is 0. The molecule has 0 aromatic carbocycles. The van der Waals surface area contributed by atoms with Crippen LogP contribution in [0, 0.1) is 0 Å². The molecule has 0 aliphatic heterocycles. The fraction of sp³-hybridized carbons (Fsp3) is 0. The van der Waals surface area contributed by atoms with Gasteiger partial charge < -0.3 is 0 Å². The molecule has 0 spiro atoms. The van der Waals surface area contributed by atoms with Crippen molar-refractivity contribution in [3.8, 4) is 0 Å². The normalized spacial score (nSPS) is 0. The van der Waals surface area contributed by atoms with Gasteiger partial charge in [0.2, 0.25) is 0 Å². The molecule has 0 bridgehead atoms. The van der Waals surface area contributed by atoms with E-state index in [0.717, 1.165) is 0 Å². The van der Waals surface area contributed by atoms with E-state index in [1.807, 2.05) is 0 Å². The van der Waals surface area contributed by atoms with Crippen molar-refractivity contribution in [2.45, 2.75) is 0 Å².